The third kappa shape index (κ3) is 5.42. The van der Waals surface area contributed by atoms with Gasteiger partial charge in [0.15, 0.2) is 9.84 Å². The zero-order valence-electron chi connectivity index (χ0n) is 19.4. The summed E-state index contributed by atoms with van der Waals surface area (Å²) in [6.45, 7) is 1.76. The van der Waals surface area contributed by atoms with E-state index < -0.39 is 9.84 Å². The average molecular weight is 523 g/mol. The van der Waals surface area contributed by atoms with E-state index in [1.54, 1.807) is 61.3 Å². The topological polar surface area (TPSA) is 76.1 Å². The predicted octanol–water partition coefficient (Wildman–Crippen LogP) is 6.76. The van der Waals surface area contributed by atoms with Crippen LogP contribution in [-0.4, -0.2) is 31.8 Å². The number of carbonyl (C=O) groups excluding carboxylic acids is 1. The monoisotopic (exact) mass is 522 g/mol. The van der Waals surface area contributed by atoms with Gasteiger partial charge in [-0.15, -0.1) is 11.8 Å². The van der Waals surface area contributed by atoms with Gasteiger partial charge in [0.25, 0.3) is 5.91 Å². The van der Waals surface area contributed by atoms with Gasteiger partial charge in [0, 0.05) is 34.2 Å². The van der Waals surface area contributed by atoms with Crippen LogP contribution in [0.25, 0.3) is 22.4 Å². The molecule has 1 amide bonds. The lowest BCUT2D eigenvalue weighted by Crippen LogP contribution is -2.14. The van der Waals surface area contributed by atoms with Crippen molar-refractivity contribution in [1.29, 1.82) is 0 Å². The number of pyridine rings is 1. The van der Waals surface area contributed by atoms with E-state index in [-0.39, 0.29) is 10.8 Å². The Labute approximate surface area is 214 Å². The highest BCUT2D eigenvalue weighted by Crippen LogP contribution is 2.34. The molecule has 0 radical (unpaired) electrons. The van der Waals surface area contributed by atoms with E-state index in [2.05, 4.69) is 10.3 Å². The number of hydrogen-bond donors (Lipinski definition) is 1. The average Bonchev–Trinajstić information content (AvgIpc) is 2.84. The number of aromatic nitrogens is 1. The van der Waals surface area contributed by atoms with Crippen LogP contribution in [0.5, 0.6) is 0 Å². The van der Waals surface area contributed by atoms with Crippen molar-refractivity contribution in [1.82, 2.24) is 4.98 Å². The lowest BCUT2D eigenvalue weighted by atomic mass is 9.95. The van der Waals surface area contributed by atoms with Crippen molar-refractivity contribution in [3.63, 3.8) is 0 Å². The number of rotatable bonds is 6. The molecule has 3 aromatic carbocycles. The predicted molar refractivity (Wildman–Crippen MR) is 144 cm³/mol. The van der Waals surface area contributed by atoms with E-state index in [0.717, 1.165) is 4.90 Å². The molecule has 0 fully saturated rings. The fourth-order valence-corrected chi connectivity index (χ4v) is 5.55. The maximum Gasteiger partial charge on any atom is 0.256 e. The number of amides is 1. The van der Waals surface area contributed by atoms with Crippen LogP contribution < -0.4 is 5.32 Å². The molecule has 8 heteroatoms. The first-order valence-corrected chi connectivity index (χ1v) is 14.2. The van der Waals surface area contributed by atoms with Gasteiger partial charge in [0.1, 0.15) is 0 Å². The minimum Gasteiger partial charge on any atom is -0.322 e. The SMILES string of the molecule is CSc1ccc(C(=O)Nc2ccc(Cl)c(-c3ccccn3)c2)c(-c2cccc(S(C)(=O)=O)c2C)c1. The standard InChI is InChI=1S/C27H23ClN2O3S2/c1-17-20(7-6-9-26(17)35(3,32)33)22-16-19(34-2)11-12-21(22)27(31)30-18-10-13-24(28)23(15-18)25-8-4-5-14-29-25/h4-16H,1-3H3,(H,30,31). The molecule has 0 saturated heterocycles. The number of nitrogens with zero attached hydrogens (tertiary/aromatic N) is 1. The van der Waals surface area contributed by atoms with Crippen LogP contribution in [0.15, 0.2) is 88.8 Å². The Bertz CT molecular complexity index is 1520. The van der Waals surface area contributed by atoms with Gasteiger partial charge in [0.2, 0.25) is 0 Å². The number of benzene rings is 3. The Balaban J connectivity index is 1.77. The maximum atomic E-state index is 13.4. The fourth-order valence-electron chi connectivity index (χ4n) is 3.90. The molecule has 0 bridgehead atoms. The van der Waals surface area contributed by atoms with Crippen molar-refractivity contribution in [3.8, 4) is 22.4 Å². The number of halogens is 1. The summed E-state index contributed by atoms with van der Waals surface area (Å²) in [5.41, 5.74) is 4.38. The molecule has 5 nitrogen and oxygen atoms in total. The molecule has 178 valence electrons. The summed E-state index contributed by atoms with van der Waals surface area (Å²) in [6.07, 6.45) is 4.82. The van der Waals surface area contributed by atoms with Crippen LogP contribution in [0.3, 0.4) is 0 Å². The minimum atomic E-state index is -3.42. The molecule has 0 spiro atoms. The first-order chi connectivity index (χ1) is 16.7. The second-order valence-electron chi connectivity index (χ2n) is 7.98. The summed E-state index contributed by atoms with van der Waals surface area (Å²) in [6, 6.07) is 21.5. The first-order valence-electron chi connectivity index (χ1n) is 10.7. The summed E-state index contributed by atoms with van der Waals surface area (Å²) in [4.78, 5) is 19.0. The van der Waals surface area contributed by atoms with E-state index in [4.69, 9.17) is 11.6 Å². The molecule has 0 aliphatic carbocycles. The van der Waals surface area contributed by atoms with Crippen molar-refractivity contribution in [2.24, 2.45) is 0 Å². The van der Waals surface area contributed by atoms with Crippen LogP contribution in [-0.2, 0) is 9.84 Å². The van der Waals surface area contributed by atoms with E-state index in [9.17, 15) is 13.2 Å². The maximum absolute atomic E-state index is 13.4. The largest absolute Gasteiger partial charge is 0.322 e. The van der Waals surface area contributed by atoms with E-state index in [0.29, 0.717) is 44.2 Å². The van der Waals surface area contributed by atoms with Gasteiger partial charge in [-0.25, -0.2) is 8.42 Å². The first kappa shape index (κ1) is 25.0. The Hall–Kier alpha value is -3.13. The van der Waals surface area contributed by atoms with Crippen LogP contribution in [0.1, 0.15) is 15.9 Å². The smallest absolute Gasteiger partial charge is 0.256 e. The molecule has 0 aliphatic rings. The molecule has 4 rings (SSSR count). The minimum absolute atomic E-state index is 0.244. The molecule has 0 saturated carbocycles. The number of nitrogens with one attached hydrogen (secondary N) is 1. The van der Waals surface area contributed by atoms with E-state index in [1.807, 2.05) is 42.7 Å². The highest BCUT2D eigenvalue weighted by atomic mass is 35.5. The molecule has 1 N–H and O–H groups in total. The van der Waals surface area contributed by atoms with E-state index in [1.165, 1.54) is 6.26 Å². The van der Waals surface area contributed by atoms with Gasteiger partial charge >= 0.3 is 0 Å². The zero-order valence-corrected chi connectivity index (χ0v) is 21.8. The van der Waals surface area contributed by atoms with Crippen molar-refractivity contribution < 1.29 is 13.2 Å². The summed E-state index contributed by atoms with van der Waals surface area (Å²) in [5, 5.41) is 3.48. The van der Waals surface area contributed by atoms with Crippen molar-refractivity contribution in [3.05, 3.63) is 95.1 Å². The third-order valence-corrected chi connectivity index (χ3v) is 7.91. The van der Waals surface area contributed by atoms with Crippen LogP contribution >= 0.6 is 23.4 Å². The van der Waals surface area contributed by atoms with Crippen molar-refractivity contribution in [2.45, 2.75) is 16.7 Å². The van der Waals surface area contributed by atoms with Gasteiger partial charge < -0.3 is 5.32 Å². The molecule has 4 aromatic rings. The number of anilines is 1. The Morgan fingerprint density at radius 1 is 0.943 bits per heavy atom. The highest BCUT2D eigenvalue weighted by molar-refractivity contribution is 7.98. The molecule has 1 heterocycles. The summed E-state index contributed by atoms with van der Waals surface area (Å²) >= 11 is 7.94. The van der Waals surface area contributed by atoms with Gasteiger partial charge in [0.05, 0.1) is 15.6 Å². The second-order valence-corrected chi connectivity index (χ2v) is 11.2. The summed E-state index contributed by atoms with van der Waals surface area (Å²) < 4.78 is 24.6. The van der Waals surface area contributed by atoms with Gasteiger partial charge in [-0.05, 0) is 84.5 Å². The van der Waals surface area contributed by atoms with E-state index >= 15 is 0 Å². The number of carbonyl (C=O) groups is 1. The third-order valence-electron chi connectivity index (χ3n) is 5.61. The summed E-state index contributed by atoms with van der Waals surface area (Å²) in [5.74, 6) is -0.314. The fraction of sp³-hybridized carbons (Fsp3) is 0.111. The Morgan fingerprint density at radius 2 is 1.74 bits per heavy atom. The normalized spacial score (nSPS) is 11.3. The van der Waals surface area contributed by atoms with Crippen molar-refractivity contribution in [2.75, 3.05) is 17.8 Å². The molecular weight excluding hydrogens is 500 g/mol. The number of sulfone groups is 1. The number of thioether (sulfide) groups is 1. The lowest BCUT2D eigenvalue weighted by molar-refractivity contribution is 0.102. The molecule has 35 heavy (non-hydrogen) atoms. The molecular formula is C27H23ClN2O3S2. The highest BCUT2D eigenvalue weighted by Gasteiger charge is 2.20. The molecule has 0 unspecified atom stereocenters. The number of hydrogen-bond acceptors (Lipinski definition) is 5. The van der Waals surface area contributed by atoms with Crippen molar-refractivity contribution >= 4 is 44.8 Å². The van der Waals surface area contributed by atoms with Gasteiger partial charge in [-0.3, -0.25) is 9.78 Å². The molecule has 0 aliphatic heterocycles. The van der Waals surface area contributed by atoms with Crippen LogP contribution in [0.2, 0.25) is 5.02 Å². The van der Waals surface area contributed by atoms with Crippen LogP contribution in [0.4, 0.5) is 5.69 Å². The van der Waals surface area contributed by atoms with Gasteiger partial charge in [-0.1, -0.05) is 29.8 Å². The zero-order chi connectivity index (χ0) is 25.2. The Morgan fingerprint density at radius 3 is 2.43 bits per heavy atom. The summed E-state index contributed by atoms with van der Waals surface area (Å²) in [7, 11) is -3.42. The lowest BCUT2D eigenvalue weighted by Gasteiger charge is -2.16. The molecule has 1 aromatic heterocycles. The molecule has 0 atom stereocenters. The quantitative estimate of drug-likeness (QED) is 0.283. The second kappa shape index (κ2) is 10.2. The van der Waals surface area contributed by atoms with Gasteiger partial charge in [-0.2, -0.15) is 0 Å². The Kier molecular flexibility index (Phi) is 7.31. The van der Waals surface area contributed by atoms with Crippen LogP contribution in [0, 0.1) is 6.92 Å².